The third-order valence-corrected chi connectivity index (χ3v) is 7.59. The molecule has 4 aromatic heterocycles. The first-order valence-corrected chi connectivity index (χ1v) is 13.2. The van der Waals surface area contributed by atoms with Gasteiger partial charge in [0.1, 0.15) is 22.6 Å². The lowest BCUT2D eigenvalue weighted by atomic mass is 9.99. The molecule has 1 aliphatic carbocycles. The average Bonchev–Trinajstić information content (AvgIpc) is 3.67. The first kappa shape index (κ1) is 25.0. The summed E-state index contributed by atoms with van der Waals surface area (Å²) in [5, 5.41) is 3.45. The van der Waals surface area contributed by atoms with Gasteiger partial charge in [0, 0.05) is 40.7 Å². The first-order valence-electron chi connectivity index (χ1n) is 12.0. The molecule has 0 saturated heterocycles. The Balaban J connectivity index is 1.44. The van der Waals surface area contributed by atoms with E-state index in [1.165, 1.54) is 30.3 Å². The number of aryl methyl sites for hydroxylation is 1. The number of aromatic nitrogens is 5. The SMILES string of the molecule is COc1ccc(Cl)cc1-c1cc(-n2ccc(C)cc2=O)ncc1C(=O)Nc1nc2ncn(C3CC3)c(=O)c2s1. The second-order valence-corrected chi connectivity index (χ2v) is 10.6. The number of hydrogen-bond donors (Lipinski definition) is 1. The maximum absolute atomic E-state index is 13.6. The number of hydrogen-bond acceptors (Lipinski definition) is 8. The van der Waals surface area contributed by atoms with Gasteiger partial charge in [-0.2, -0.15) is 4.98 Å². The summed E-state index contributed by atoms with van der Waals surface area (Å²) in [5.74, 6) is 0.286. The van der Waals surface area contributed by atoms with Gasteiger partial charge in [-0.25, -0.2) is 9.97 Å². The second-order valence-electron chi connectivity index (χ2n) is 9.16. The highest BCUT2D eigenvalue weighted by Gasteiger charge is 2.26. The summed E-state index contributed by atoms with van der Waals surface area (Å²) in [6.07, 6.45) is 6.41. The monoisotopic (exact) mass is 560 g/mol. The highest BCUT2D eigenvalue weighted by Crippen LogP contribution is 2.36. The second kappa shape index (κ2) is 9.75. The maximum Gasteiger partial charge on any atom is 0.273 e. The zero-order chi connectivity index (χ0) is 27.3. The molecule has 4 heterocycles. The third kappa shape index (κ3) is 4.70. The van der Waals surface area contributed by atoms with Crippen LogP contribution in [-0.4, -0.2) is 37.1 Å². The summed E-state index contributed by atoms with van der Waals surface area (Å²) in [7, 11) is 1.52. The van der Waals surface area contributed by atoms with Crippen LogP contribution in [0.1, 0.15) is 34.8 Å². The fourth-order valence-electron chi connectivity index (χ4n) is 4.29. The van der Waals surface area contributed by atoms with Crippen molar-refractivity contribution in [3.05, 3.63) is 92.0 Å². The molecule has 10 nitrogen and oxygen atoms in total. The number of pyridine rings is 2. The molecule has 0 radical (unpaired) electrons. The molecule has 6 rings (SSSR count). The van der Waals surface area contributed by atoms with Crippen LogP contribution in [0.15, 0.2) is 64.7 Å². The van der Waals surface area contributed by atoms with Crippen LogP contribution < -0.4 is 21.2 Å². The number of thiazole rings is 1. The van der Waals surface area contributed by atoms with Crippen molar-refractivity contribution in [2.24, 2.45) is 0 Å². The zero-order valence-corrected chi connectivity index (χ0v) is 22.4. The van der Waals surface area contributed by atoms with Crippen LogP contribution in [0.5, 0.6) is 5.75 Å². The van der Waals surface area contributed by atoms with Crippen LogP contribution in [0.2, 0.25) is 5.02 Å². The quantitative estimate of drug-likeness (QED) is 0.321. The van der Waals surface area contributed by atoms with Crippen LogP contribution in [-0.2, 0) is 0 Å². The van der Waals surface area contributed by atoms with Gasteiger partial charge >= 0.3 is 0 Å². The van der Waals surface area contributed by atoms with E-state index in [1.807, 2.05) is 6.92 Å². The number of methoxy groups -OCH3 is 1. The molecule has 1 saturated carbocycles. The molecule has 1 N–H and O–H groups in total. The fourth-order valence-corrected chi connectivity index (χ4v) is 5.32. The van der Waals surface area contributed by atoms with Crippen molar-refractivity contribution >= 4 is 44.3 Å². The standard InChI is InChI=1S/C27H21ClN6O4S/c1-14-7-8-33(22(35)9-14)21-11-17(18-10-15(28)3-6-20(18)38-2)19(12-29-21)25(36)32-27-31-24-23(39-27)26(37)34(13-30-24)16-4-5-16/h3,6-13,16H,4-5H2,1-2H3,(H,31,32,36). The molecule has 0 spiro atoms. The van der Waals surface area contributed by atoms with Crippen molar-refractivity contribution in [1.29, 1.82) is 0 Å². The number of anilines is 1. The highest BCUT2D eigenvalue weighted by atomic mass is 35.5. The molecule has 39 heavy (non-hydrogen) atoms. The number of benzene rings is 1. The van der Waals surface area contributed by atoms with Gasteiger partial charge in [-0.05, 0) is 55.7 Å². The van der Waals surface area contributed by atoms with Crippen molar-refractivity contribution in [1.82, 2.24) is 24.1 Å². The molecule has 1 fully saturated rings. The van der Waals surface area contributed by atoms with E-state index in [4.69, 9.17) is 16.3 Å². The summed E-state index contributed by atoms with van der Waals surface area (Å²) in [6, 6.07) is 10.2. The molecule has 0 aliphatic heterocycles. The van der Waals surface area contributed by atoms with E-state index in [9.17, 15) is 14.4 Å². The smallest absolute Gasteiger partial charge is 0.273 e. The van der Waals surface area contributed by atoms with Crippen molar-refractivity contribution in [2.75, 3.05) is 12.4 Å². The van der Waals surface area contributed by atoms with Gasteiger partial charge in [0.25, 0.3) is 17.0 Å². The Morgan fingerprint density at radius 3 is 2.69 bits per heavy atom. The van der Waals surface area contributed by atoms with Gasteiger partial charge in [0.15, 0.2) is 10.8 Å². The predicted octanol–water partition coefficient (Wildman–Crippen LogP) is 4.62. The van der Waals surface area contributed by atoms with Gasteiger partial charge in [-0.3, -0.25) is 28.8 Å². The number of carbonyl (C=O) groups is 1. The van der Waals surface area contributed by atoms with E-state index in [0.29, 0.717) is 32.4 Å². The number of ether oxygens (including phenoxy) is 1. The Hall–Kier alpha value is -4.35. The summed E-state index contributed by atoms with van der Waals surface area (Å²) < 4.78 is 8.93. The zero-order valence-electron chi connectivity index (χ0n) is 20.8. The predicted molar refractivity (Wildman–Crippen MR) is 149 cm³/mol. The number of fused-ring (bicyclic) bond motifs is 1. The van der Waals surface area contributed by atoms with Crippen molar-refractivity contribution < 1.29 is 9.53 Å². The lowest BCUT2D eigenvalue weighted by Crippen LogP contribution is -2.19. The Morgan fingerprint density at radius 2 is 1.95 bits per heavy atom. The Labute approximate surface area is 230 Å². The van der Waals surface area contributed by atoms with Gasteiger partial charge in [0.05, 0.1) is 12.7 Å². The Morgan fingerprint density at radius 1 is 1.13 bits per heavy atom. The van der Waals surface area contributed by atoms with Gasteiger partial charge in [-0.1, -0.05) is 22.9 Å². The van der Waals surface area contributed by atoms with E-state index in [2.05, 4.69) is 20.3 Å². The molecule has 0 bridgehead atoms. The van der Waals surface area contributed by atoms with Crippen molar-refractivity contribution in [3.63, 3.8) is 0 Å². The van der Waals surface area contributed by atoms with E-state index in [1.54, 1.807) is 41.1 Å². The molecule has 1 aromatic carbocycles. The molecule has 1 amide bonds. The van der Waals surface area contributed by atoms with Gasteiger partial charge < -0.3 is 4.74 Å². The third-order valence-electron chi connectivity index (χ3n) is 6.41. The summed E-state index contributed by atoms with van der Waals surface area (Å²) >= 11 is 7.38. The molecule has 0 unspecified atom stereocenters. The van der Waals surface area contributed by atoms with Crippen LogP contribution in [0, 0.1) is 6.92 Å². The summed E-state index contributed by atoms with van der Waals surface area (Å²) in [4.78, 5) is 52.1. The van der Waals surface area contributed by atoms with Crippen molar-refractivity contribution in [2.45, 2.75) is 25.8 Å². The van der Waals surface area contributed by atoms with Gasteiger partial charge in [0.2, 0.25) is 0 Å². The lowest BCUT2D eigenvalue weighted by Gasteiger charge is -2.15. The number of rotatable bonds is 6. The van der Waals surface area contributed by atoms with E-state index in [-0.39, 0.29) is 33.5 Å². The average molecular weight is 561 g/mol. The molecular formula is C27H21ClN6O4S. The number of carbonyl (C=O) groups excluding carboxylic acids is 1. The molecule has 12 heteroatoms. The first-order chi connectivity index (χ1) is 18.8. The lowest BCUT2D eigenvalue weighted by molar-refractivity contribution is 0.102. The molecule has 1 aliphatic rings. The van der Waals surface area contributed by atoms with Crippen LogP contribution in [0.25, 0.3) is 27.3 Å². The molecule has 5 aromatic rings. The minimum Gasteiger partial charge on any atom is -0.496 e. The summed E-state index contributed by atoms with van der Waals surface area (Å²) in [5.41, 5.74) is 1.85. The minimum absolute atomic E-state index is 0.167. The largest absolute Gasteiger partial charge is 0.496 e. The topological polar surface area (TPSA) is 121 Å². The van der Waals surface area contributed by atoms with E-state index in [0.717, 1.165) is 29.7 Å². The Bertz CT molecular complexity index is 1890. The number of nitrogens with one attached hydrogen (secondary N) is 1. The minimum atomic E-state index is -0.510. The normalized spacial score (nSPS) is 13.0. The number of nitrogens with zero attached hydrogens (tertiary/aromatic N) is 5. The van der Waals surface area contributed by atoms with Crippen molar-refractivity contribution in [3.8, 4) is 22.7 Å². The van der Waals surface area contributed by atoms with Crippen LogP contribution in [0.3, 0.4) is 0 Å². The number of amides is 1. The molecule has 196 valence electrons. The molecule has 0 atom stereocenters. The van der Waals surface area contributed by atoms with Crippen LogP contribution >= 0.6 is 22.9 Å². The summed E-state index contributed by atoms with van der Waals surface area (Å²) in [6.45, 7) is 1.83. The van der Waals surface area contributed by atoms with E-state index >= 15 is 0 Å². The maximum atomic E-state index is 13.6. The van der Waals surface area contributed by atoms with E-state index < -0.39 is 5.91 Å². The molecular weight excluding hydrogens is 540 g/mol. The number of halogens is 1. The van der Waals surface area contributed by atoms with Gasteiger partial charge in [-0.15, -0.1) is 0 Å². The highest BCUT2D eigenvalue weighted by molar-refractivity contribution is 7.22. The fraction of sp³-hybridized carbons (Fsp3) is 0.185. The van der Waals surface area contributed by atoms with Crippen LogP contribution in [0.4, 0.5) is 5.13 Å². The Kier molecular flexibility index (Phi) is 6.24.